The normalized spacial score (nSPS) is 10.5. The van der Waals surface area contributed by atoms with Crippen molar-refractivity contribution in [2.75, 3.05) is 11.6 Å². The van der Waals surface area contributed by atoms with Gasteiger partial charge in [-0.3, -0.25) is 0 Å². The molecule has 1 heterocycles. The van der Waals surface area contributed by atoms with E-state index in [-0.39, 0.29) is 11.7 Å². The molecular weight excluding hydrogens is 226 g/mol. The second-order valence-corrected chi connectivity index (χ2v) is 4.46. The largest absolute Gasteiger partial charge is 0.477 e. The van der Waals surface area contributed by atoms with E-state index in [4.69, 9.17) is 5.11 Å². The highest BCUT2D eigenvalue weighted by Gasteiger charge is 2.10. The molecule has 6 heteroatoms. The summed E-state index contributed by atoms with van der Waals surface area (Å²) in [6.07, 6.45) is 1.92. The number of carboxylic acids is 1. The van der Waals surface area contributed by atoms with Gasteiger partial charge in [0.05, 0.1) is 5.75 Å². The molecule has 0 aliphatic carbocycles. The summed E-state index contributed by atoms with van der Waals surface area (Å²) in [5.41, 5.74) is 0.0298. The lowest BCUT2D eigenvalue weighted by Crippen LogP contribution is -2.14. The topological polar surface area (TPSA) is 75.1 Å². The molecule has 1 rings (SSSR count). The van der Waals surface area contributed by atoms with Crippen LogP contribution in [0.1, 0.15) is 30.2 Å². The van der Waals surface area contributed by atoms with Crippen LogP contribution in [-0.4, -0.2) is 33.3 Å². The number of rotatable bonds is 5. The fraction of sp³-hybridized carbons (Fsp3) is 0.500. The number of nitrogens with one attached hydrogen (secondary N) is 1. The molecule has 16 heavy (non-hydrogen) atoms. The van der Waals surface area contributed by atoms with E-state index in [0.29, 0.717) is 17.4 Å². The maximum Gasteiger partial charge on any atom is 0.354 e. The van der Waals surface area contributed by atoms with Crippen molar-refractivity contribution in [2.24, 2.45) is 0 Å². The number of hydrogen-bond donors (Lipinski definition) is 2. The third-order valence-electron chi connectivity index (χ3n) is 1.70. The van der Waals surface area contributed by atoms with Gasteiger partial charge in [0.1, 0.15) is 11.6 Å². The first-order valence-electron chi connectivity index (χ1n) is 4.89. The van der Waals surface area contributed by atoms with Gasteiger partial charge in [-0.2, -0.15) is 11.8 Å². The summed E-state index contributed by atoms with van der Waals surface area (Å²) >= 11 is 1.56. The number of hydrogen-bond acceptors (Lipinski definition) is 5. The van der Waals surface area contributed by atoms with Gasteiger partial charge in [0.2, 0.25) is 0 Å². The van der Waals surface area contributed by atoms with Crippen LogP contribution in [0.5, 0.6) is 0 Å². The van der Waals surface area contributed by atoms with E-state index in [1.54, 1.807) is 11.8 Å². The molecule has 0 saturated heterocycles. The van der Waals surface area contributed by atoms with Crippen LogP contribution in [0, 0.1) is 0 Å². The molecule has 0 aromatic carbocycles. The molecule has 5 nitrogen and oxygen atoms in total. The standard InChI is InChI=1S/C10H15N3O2S/c1-6(2)11-8-4-7(10(14)15)12-9(13-8)5-16-3/h4,6H,5H2,1-3H3,(H,14,15)(H,11,12,13). The van der Waals surface area contributed by atoms with Crippen LogP contribution in [0.3, 0.4) is 0 Å². The first-order chi connectivity index (χ1) is 7.52. The average Bonchev–Trinajstić information content (AvgIpc) is 2.16. The van der Waals surface area contributed by atoms with Gasteiger partial charge in [-0.1, -0.05) is 0 Å². The van der Waals surface area contributed by atoms with Crippen LogP contribution in [0.4, 0.5) is 5.82 Å². The Kier molecular flexibility index (Phi) is 4.54. The van der Waals surface area contributed by atoms with Gasteiger partial charge in [-0.15, -0.1) is 0 Å². The Labute approximate surface area is 98.7 Å². The highest BCUT2D eigenvalue weighted by atomic mass is 32.2. The van der Waals surface area contributed by atoms with E-state index in [9.17, 15) is 4.79 Å². The maximum atomic E-state index is 10.9. The molecule has 0 atom stereocenters. The van der Waals surface area contributed by atoms with Crippen molar-refractivity contribution in [3.63, 3.8) is 0 Å². The minimum absolute atomic E-state index is 0.0298. The van der Waals surface area contributed by atoms with Gasteiger partial charge in [0.25, 0.3) is 0 Å². The predicted octanol–water partition coefficient (Wildman–Crippen LogP) is 1.86. The summed E-state index contributed by atoms with van der Waals surface area (Å²) in [6, 6.07) is 1.66. The quantitative estimate of drug-likeness (QED) is 0.819. The molecule has 1 aromatic heterocycles. The molecule has 88 valence electrons. The van der Waals surface area contributed by atoms with Crippen molar-refractivity contribution >= 4 is 23.5 Å². The molecule has 0 radical (unpaired) electrons. The van der Waals surface area contributed by atoms with Gasteiger partial charge < -0.3 is 10.4 Å². The van der Waals surface area contributed by atoms with Crippen LogP contribution in [0.2, 0.25) is 0 Å². The van der Waals surface area contributed by atoms with Gasteiger partial charge in [0, 0.05) is 12.1 Å². The Morgan fingerprint density at radius 3 is 2.75 bits per heavy atom. The van der Waals surface area contributed by atoms with E-state index in [0.717, 1.165) is 0 Å². The molecule has 1 aromatic rings. The van der Waals surface area contributed by atoms with Gasteiger partial charge in [-0.05, 0) is 20.1 Å². The molecule has 0 amide bonds. The lowest BCUT2D eigenvalue weighted by atomic mass is 10.3. The van der Waals surface area contributed by atoms with Crippen molar-refractivity contribution in [1.29, 1.82) is 0 Å². The van der Waals surface area contributed by atoms with Crippen LogP contribution in [0.25, 0.3) is 0 Å². The lowest BCUT2D eigenvalue weighted by molar-refractivity contribution is 0.0690. The summed E-state index contributed by atoms with van der Waals surface area (Å²) < 4.78 is 0. The van der Waals surface area contributed by atoms with Crippen molar-refractivity contribution in [3.05, 3.63) is 17.6 Å². The van der Waals surface area contributed by atoms with E-state index < -0.39 is 5.97 Å². The molecule has 2 N–H and O–H groups in total. The van der Waals surface area contributed by atoms with Crippen molar-refractivity contribution in [2.45, 2.75) is 25.6 Å². The lowest BCUT2D eigenvalue weighted by Gasteiger charge is -2.10. The van der Waals surface area contributed by atoms with E-state index in [2.05, 4.69) is 15.3 Å². The fourth-order valence-electron chi connectivity index (χ4n) is 1.17. The molecule has 0 spiro atoms. The number of aromatic nitrogens is 2. The summed E-state index contributed by atoms with van der Waals surface area (Å²) in [7, 11) is 0. The second-order valence-electron chi connectivity index (χ2n) is 3.59. The summed E-state index contributed by atoms with van der Waals surface area (Å²) in [5.74, 6) is 0.673. The summed E-state index contributed by atoms with van der Waals surface area (Å²) in [4.78, 5) is 19.1. The average molecular weight is 241 g/mol. The third-order valence-corrected chi connectivity index (χ3v) is 2.25. The molecular formula is C10H15N3O2S. The van der Waals surface area contributed by atoms with Crippen LogP contribution in [-0.2, 0) is 5.75 Å². The fourth-order valence-corrected chi connectivity index (χ4v) is 1.56. The van der Waals surface area contributed by atoms with Gasteiger partial charge in [0.15, 0.2) is 5.69 Å². The van der Waals surface area contributed by atoms with Crippen molar-refractivity contribution in [1.82, 2.24) is 9.97 Å². The Balaban J connectivity index is 3.03. The summed E-state index contributed by atoms with van der Waals surface area (Å²) in [5, 5.41) is 12.0. The number of anilines is 1. The zero-order valence-corrected chi connectivity index (χ0v) is 10.3. The second kappa shape index (κ2) is 5.69. The molecule has 0 aliphatic heterocycles. The van der Waals surface area contributed by atoms with Crippen molar-refractivity contribution in [3.8, 4) is 0 Å². The Morgan fingerprint density at radius 2 is 2.25 bits per heavy atom. The number of thioether (sulfide) groups is 1. The first kappa shape index (κ1) is 12.8. The molecule has 0 bridgehead atoms. The Bertz CT molecular complexity index is 382. The molecule has 0 fully saturated rings. The predicted molar refractivity (Wildman–Crippen MR) is 65.0 cm³/mol. The number of carboxylic acid groups (broad SMARTS) is 1. The summed E-state index contributed by atoms with van der Waals surface area (Å²) in [6.45, 7) is 3.94. The molecule has 0 aliphatic rings. The minimum atomic E-state index is -1.03. The zero-order chi connectivity index (χ0) is 12.1. The van der Waals surface area contributed by atoms with Crippen LogP contribution >= 0.6 is 11.8 Å². The molecule has 0 unspecified atom stereocenters. The Hall–Kier alpha value is -1.30. The number of carbonyl (C=O) groups is 1. The minimum Gasteiger partial charge on any atom is -0.477 e. The van der Waals surface area contributed by atoms with Crippen LogP contribution in [0.15, 0.2) is 6.07 Å². The Morgan fingerprint density at radius 1 is 1.56 bits per heavy atom. The maximum absolute atomic E-state index is 10.9. The van der Waals surface area contributed by atoms with E-state index in [1.807, 2.05) is 20.1 Å². The van der Waals surface area contributed by atoms with Gasteiger partial charge >= 0.3 is 5.97 Å². The van der Waals surface area contributed by atoms with Crippen molar-refractivity contribution < 1.29 is 9.90 Å². The van der Waals surface area contributed by atoms with Crippen LogP contribution < -0.4 is 5.32 Å². The molecule has 0 saturated carbocycles. The number of aromatic carboxylic acids is 1. The first-order valence-corrected chi connectivity index (χ1v) is 6.29. The highest BCUT2D eigenvalue weighted by Crippen LogP contribution is 2.11. The smallest absolute Gasteiger partial charge is 0.354 e. The number of nitrogens with zero attached hydrogens (tertiary/aromatic N) is 2. The monoisotopic (exact) mass is 241 g/mol. The van der Waals surface area contributed by atoms with E-state index in [1.165, 1.54) is 6.07 Å². The van der Waals surface area contributed by atoms with Gasteiger partial charge in [-0.25, -0.2) is 14.8 Å². The zero-order valence-electron chi connectivity index (χ0n) is 9.52. The highest BCUT2D eigenvalue weighted by molar-refractivity contribution is 7.97. The third kappa shape index (κ3) is 3.69. The van der Waals surface area contributed by atoms with E-state index >= 15 is 0 Å². The SMILES string of the molecule is CSCc1nc(NC(C)C)cc(C(=O)O)n1.